The number of nitrogens with two attached hydrogens (primary N) is 1. The van der Waals surface area contributed by atoms with Crippen LogP contribution in [0.25, 0.3) is 0 Å². The zero-order chi connectivity index (χ0) is 29.4. The van der Waals surface area contributed by atoms with E-state index >= 15 is 0 Å². The van der Waals surface area contributed by atoms with Crippen molar-refractivity contribution in [3.63, 3.8) is 0 Å². The average molecular weight is 567 g/mol. The molecule has 2 aliphatic rings. The van der Waals surface area contributed by atoms with Crippen molar-refractivity contribution in [3.05, 3.63) is 48.4 Å². The van der Waals surface area contributed by atoms with Gasteiger partial charge in [-0.15, -0.1) is 0 Å². The summed E-state index contributed by atoms with van der Waals surface area (Å²) >= 11 is 0. The van der Waals surface area contributed by atoms with Crippen molar-refractivity contribution in [1.82, 2.24) is 19.8 Å². The zero-order valence-corrected chi connectivity index (χ0v) is 24.7. The van der Waals surface area contributed by atoms with Crippen molar-refractivity contribution in [2.24, 2.45) is 17.6 Å². The molecule has 10 heteroatoms. The lowest BCUT2D eigenvalue weighted by molar-refractivity contribution is -0.138. The van der Waals surface area contributed by atoms with Gasteiger partial charge in [-0.2, -0.15) is 0 Å². The van der Waals surface area contributed by atoms with Gasteiger partial charge in [0.2, 0.25) is 11.8 Å². The molecule has 2 unspecified atom stereocenters. The van der Waals surface area contributed by atoms with E-state index in [4.69, 9.17) is 10.5 Å². The average Bonchev–Trinajstić information content (AvgIpc) is 3.41. The molecule has 1 saturated heterocycles. The van der Waals surface area contributed by atoms with Crippen LogP contribution in [0.5, 0.6) is 0 Å². The van der Waals surface area contributed by atoms with Crippen molar-refractivity contribution in [2.45, 2.75) is 89.9 Å². The molecule has 1 aromatic heterocycles. The molecule has 10 nitrogen and oxygen atoms in total. The number of aromatic nitrogens is 2. The van der Waals surface area contributed by atoms with Crippen LogP contribution < -0.4 is 16.4 Å². The molecule has 41 heavy (non-hydrogen) atoms. The second kappa shape index (κ2) is 14.1. The van der Waals surface area contributed by atoms with Crippen molar-refractivity contribution in [2.75, 3.05) is 25.0 Å². The van der Waals surface area contributed by atoms with Gasteiger partial charge in [0.05, 0.1) is 25.1 Å². The van der Waals surface area contributed by atoms with Gasteiger partial charge in [-0.25, -0.2) is 4.98 Å². The first-order valence-electron chi connectivity index (χ1n) is 15.0. The smallest absolute Gasteiger partial charge is 0.250 e. The van der Waals surface area contributed by atoms with Gasteiger partial charge in [-0.1, -0.05) is 56.5 Å². The normalized spacial score (nSPS) is 18.5. The number of nitrogens with zero attached hydrogens (tertiary/aromatic N) is 3. The first-order chi connectivity index (χ1) is 19.6. The molecule has 4 N–H and O–H groups in total. The number of nitrogens with one attached hydrogen (secondary N) is 2. The Kier molecular flexibility index (Phi) is 10.6. The fourth-order valence-corrected chi connectivity index (χ4v) is 5.60. The summed E-state index contributed by atoms with van der Waals surface area (Å²) in [6.07, 6.45) is 10.9. The molecule has 2 fully saturated rings. The molecule has 1 saturated carbocycles. The second-order valence-corrected chi connectivity index (χ2v) is 12.3. The number of anilines is 1. The topological polar surface area (TPSA) is 132 Å². The van der Waals surface area contributed by atoms with Crippen LogP contribution in [0.2, 0.25) is 0 Å². The van der Waals surface area contributed by atoms with Crippen molar-refractivity contribution in [3.8, 4) is 0 Å². The Morgan fingerprint density at radius 3 is 2.41 bits per heavy atom. The van der Waals surface area contributed by atoms with E-state index in [1.807, 2.05) is 39.8 Å². The zero-order valence-electron chi connectivity index (χ0n) is 24.7. The molecule has 0 spiro atoms. The third-order valence-electron chi connectivity index (χ3n) is 8.22. The summed E-state index contributed by atoms with van der Waals surface area (Å²) in [5, 5.41) is 5.53. The standard InChI is InChI=1S/C31H46N6O4/c1-22-14-16-36(17-15-22)29(39)27(24-12-8-5-9-13-24)37-18-26(33-21-37)35-28(38)25(34-30(40)31(2,3)32)20-41-19-23-10-6-4-7-11-23/h4,6-7,10-11,18,21-22,24-25,27H,5,8-9,12-17,19-20,32H2,1-3H3,(H,34,40)(H,35,38). The Hall–Kier alpha value is -3.24. The van der Waals surface area contributed by atoms with Gasteiger partial charge >= 0.3 is 0 Å². The van der Waals surface area contributed by atoms with Crippen LogP contribution in [0.4, 0.5) is 5.82 Å². The van der Waals surface area contributed by atoms with E-state index in [1.54, 1.807) is 26.4 Å². The van der Waals surface area contributed by atoms with Gasteiger partial charge in [0.1, 0.15) is 12.1 Å². The van der Waals surface area contributed by atoms with E-state index in [0.29, 0.717) is 18.3 Å². The summed E-state index contributed by atoms with van der Waals surface area (Å²) in [4.78, 5) is 46.2. The van der Waals surface area contributed by atoms with Gasteiger partial charge in [0.25, 0.3) is 5.91 Å². The minimum atomic E-state index is -1.17. The molecule has 1 aliphatic carbocycles. The van der Waals surface area contributed by atoms with E-state index in [1.165, 1.54) is 6.42 Å². The number of piperidine rings is 1. The molecule has 2 aromatic rings. The monoisotopic (exact) mass is 566 g/mol. The lowest BCUT2D eigenvalue weighted by atomic mass is 9.83. The Bertz CT molecular complexity index is 1150. The van der Waals surface area contributed by atoms with Crippen LogP contribution in [0.3, 0.4) is 0 Å². The van der Waals surface area contributed by atoms with Crippen LogP contribution in [0, 0.1) is 11.8 Å². The number of likely N-dealkylation sites (tertiary alicyclic amines) is 1. The number of ether oxygens (including phenoxy) is 1. The summed E-state index contributed by atoms with van der Waals surface area (Å²) in [5.74, 6) is 0.404. The molecule has 0 radical (unpaired) electrons. The minimum Gasteiger partial charge on any atom is -0.374 e. The van der Waals surface area contributed by atoms with E-state index < -0.39 is 23.4 Å². The van der Waals surface area contributed by atoms with Crippen LogP contribution >= 0.6 is 0 Å². The van der Waals surface area contributed by atoms with Crippen LogP contribution in [-0.4, -0.2) is 63.4 Å². The number of rotatable bonds is 11. The van der Waals surface area contributed by atoms with Gasteiger partial charge in [-0.3, -0.25) is 14.4 Å². The third-order valence-corrected chi connectivity index (χ3v) is 8.22. The van der Waals surface area contributed by atoms with E-state index in [-0.39, 0.29) is 24.5 Å². The Morgan fingerprint density at radius 2 is 1.76 bits per heavy atom. The summed E-state index contributed by atoms with van der Waals surface area (Å²) in [6.45, 7) is 7.21. The van der Waals surface area contributed by atoms with Gasteiger partial charge in [0, 0.05) is 19.3 Å². The number of carbonyl (C=O) groups is 3. The fraction of sp³-hybridized carbons (Fsp3) is 0.613. The van der Waals surface area contributed by atoms with Crippen molar-refractivity contribution >= 4 is 23.5 Å². The SMILES string of the molecule is CC1CCN(C(=O)C(C2CCCCC2)n2cnc(NC(=O)C(COCc3ccccc3)NC(=O)C(C)(C)N)c2)CC1. The predicted octanol–water partition coefficient (Wildman–Crippen LogP) is 3.64. The summed E-state index contributed by atoms with van der Waals surface area (Å²) in [7, 11) is 0. The van der Waals surface area contributed by atoms with Gasteiger partial charge in [0.15, 0.2) is 5.82 Å². The molecular weight excluding hydrogens is 520 g/mol. The molecule has 4 rings (SSSR count). The molecule has 0 bridgehead atoms. The van der Waals surface area contributed by atoms with E-state index in [0.717, 1.165) is 57.2 Å². The molecule has 3 amide bonds. The van der Waals surface area contributed by atoms with Gasteiger partial charge < -0.3 is 30.6 Å². The van der Waals surface area contributed by atoms with Crippen LogP contribution in [0.1, 0.15) is 77.3 Å². The summed E-state index contributed by atoms with van der Waals surface area (Å²) < 4.78 is 7.66. The number of carbonyl (C=O) groups excluding carboxylic acids is 3. The maximum Gasteiger partial charge on any atom is 0.250 e. The van der Waals surface area contributed by atoms with Crippen molar-refractivity contribution in [1.29, 1.82) is 0 Å². The highest BCUT2D eigenvalue weighted by Crippen LogP contribution is 2.35. The Balaban J connectivity index is 1.46. The first kappa shape index (κ1) is 30.7. The molecule has 1 aliphatic heterocycles. The molecular formula is C31H46N6O4. The van der Waals surface area contributed by atoms with Crippen molar-refractivity contribution < 1.29 is 19.1 Å². The molecule has 224 valence electrons. The lowest BCUT2D eigenvalue weighted by Gasteiger charge is -2.37. The maximum absolute atomic E-state index is 13.8. The second-order valence-electron chi connectivity index (χ2n) is 12.3. The third kappa shape index (κ3) is 8.63. The summed E-state index contributed by atoms with van der Waals surface area (Å²) in [6, 6.07) is 8.27. The lowest BCUT2D eigenvalue weighted by Crippen LogP contribution is -2.56. The highest BCUT2D eigenvalue weighted by Gasteiger charge is 2.35. The Morgan fingerprint density at radius 1 is 1.07 bits per heavy atom. The summed E-state index contributed by atoms with van der Waals surface area (Å²) in [5.41, 5.74) is 5.76. The number of hydrogen-bond acceptors (Lipinski definition) is 6. The number of hydrogen-bond donors (Lipinski definition) is 3. The van der Waals surface area contributed by atoms with E-state index in [2.05, 4.69) is 22.5 Å². The molecule has 1 aromatic carbocycles. The van der Waals surface area contributed by atoms with Crippen LogP contribution in [-0.2, 0) is 25.7 Å². The first-order valence-corrected chi connectivity index (χ1v) is 15.0. The fourth-order valence-electron chi connectivity index (χ4n) is 5.60. The molecule has 2 heterocycles. The van der Waals surface area contributed by atoms with Gasteiger partial charge in [-0.05, 0) is 56.9 Å². The van der Waals surface area contributed by atoms with E-state index in [9.17, 15) is 14.4 Å². The van der Waals surface area contributed by atoms with Crippen LogP contribution in [0.15, 0.2) is 42.9 Å². The largest absolute Gasteiger partial charge is 0.374 e. The molecule has 2 atom stereocenters. The number of benzene rings is 1. The number of imidazole rings is 1. The quantitative estimate of drug-likeness (QED) is 0.381. The Labute approximate surface area is 243 Å². The highest BCUT2D eigenvalue weighted by molar-refractivity contribution is 5.98. The highest BCUT2D eigenvalue weighted by atomic mass is 16.5. The minimum absolute atomic E-state index is 0.0418. The number of amides is 3. The predicted molar refractivity (Wildman–Crippen MR) is 158 cm³/mol. The maximum atomic E-state index is 13.8.